The first-order chi connectivity index (χ1) is 15.6. The molecule has 1 atom stereocenters. The molecule has 0 bridgehead atoms. The van der Waals surface area contributed by atoms with Crippen LogP contribution < -0.4 is 4.74 Å². The van der Waals surface area contributed by atoms with Crippen LogP contribution in [0.15, 0.2) is 48.7 Å². The molecule has 2 amide bonds. The highest BCUT2D eigenvalue weighted by molar-refractivity contribution is 6.32. The lowest BCUT2D eigenvalue weighted by atomic mass is 9.77. The quantitative estimate of drug-likeness (QED) is 0.604. The lowest BCUT2D eigenvalue weighted by Gasteiger charge is -2.43. The van der Waals surface area contributed by atoms with Crippen molar-refractivity contribution >= 4 is 23.4 Å². The summed E-state index contributed by atoms with van der Waals surface area (Å²) >= 11 is 6.19. The Morgan fingerprint density at radius 3 is 2.47 bits per heavy atom. The standard InChI is InChI=1S/C25H30ClN3O3/c26-23-21(11-7-13-27-23)24(31)29-16-8-12-25(18-29,19-32-20-9-3-1-4-10-20)17-22(30)28-14-5-2-6-15-28/h1,3-4,7,9-11,13H,2,5-6,8,12,14-19H2/t25-/m0/s1. The zero-order valence-electron chi connectivity index (χ0n) is 18.3. The number of ether oxygens (including phenoxy) is 1. The van der Waals surface area contributed by atoms with Crippen LogP contribution in [0.1, 0.15) is 48.9 Å². The van der Waals surface area contributed by atoms with Crippen LogP contribution in [0.3, 0.4) is 0 Å². The van der Waals surface area contributed by atoms with Crippen LogP contribution in [-0.2, 0) is 4.79 Å². The number of piperidine rings is 2. The molecule has 0 saturated carbocycles. The smallest absolute Gasteiger partial charge is 0.257 e. The van der Waals surface area contributed by atoms with Gasteiger partial charge < -0.3 is 14.5 Å². The van der Waals surface area contributed by atoms with Gasteiger partial charge >= 0.3 is 0 Å². The highest BCUT2D eigenvalue weighted by Gasteiger charge is 2.41. The van der Waals surface area contributed by atoms with Crippen LogP contribution in [0, 0.1) is 5.41 Å². The number of aromatic nitrogens is 1. The molecule has 4 rings (SSSR count). The van der Waals surface area contributed by atoms with Gasteiger partial charge in [0.05, 0.1) is 12.2 Å². The summed E-state index contributed by atoms with van der Waals surface area (Å²) in [6.45, 7) is 3.13. The maximum atomic E-state index is 13.2. The molecule has 32 heavy (non-hydrogen) atoms. The molecular weight excluding hydrogens is 426 g/mol. The number of amides is 2. The molecule has 2 saturated heterocycles. The van der Waals surface area contributed by atoms with E-state index in [2.05, 4.69) is 4.98 Å². The summed E-state index contributed by atoms with van der Waals surface area (Å²) in [5, 5.41) is 0.207. The summed E-state index contributed by atoms with van der Waals surface area (Å²) in [6, 6.07) is 13.1. The molecule has 170 valence electrons. The molecule has 3 heterocycles. The summed E-state index contributed by atoms with van der Waals surface area (Å²) in [5.74, 6) is 0.795. The van der Waals surface area contributed by atoms with Crippen LogP contribution in [0.5, 0.6) is 5.75 Å². The molecule has 2 fully saturated rings. The second-order valence-electron chi connectivity index (χ2n) is 8.89. The van der Waals surface area contributed by atoms with Crippen molar-refractivity contribution in [2.45, 2.75) is 38.5 Å². The minimum absolute atomic E-state index is 0.141. The van der Waals surface area contributed by atoms with Gasteiger partial charge in [-0.25, -0.2) is 4.98 Å². The van der Waals surface area contributed by atoms with Gasteiger partial charge in [0.1, 0.15) is 10.9 Å². The van der Waals surface area contributed by atoms with Crippen LogP contribution in [-0.4, -0.2) is 59.4 Å². The van der Waals surface area contributed by atoms with Crippen molar-refractivity contribution in [2.24, 2.45) is 5.41 Å². The number of hydrogen-bond donors (Lipinski definition) is 0. The van der Waals surface area contributed by atoms with E-state index in [0.29, 0.717) is 31.7 Å². The highest BCUT2D eigenvalue weighted by atomic mass is 35.5. The molecule has 1 aromatic carbocycles. The SMILES string of the molecule is O=C(C[C@@]1(COc2ccccc2)CCCN(C(=O)c2cccnc2Cl)C1)N1CCCCC1. The van der Waals surface area contributed by atoms with Crippen molar-refractivity contribution in [1.29, 1.82) is 0 Å². The number of halogens is 1. The Morgan fingerprint density at radius 2 is 1.72 bits per heavy atom. The van der Waals surface area contributed by atoms with E-state index in [1.54, 1.807) is 18.3 Å². The first-order valence-corrected chi connectivity index (χ1v) is 11.8. The molecular formula is C25H30ClN3O3. The first kappa shape index (κ1) is 22.6. The van der Waals surface area contributed by atoms with Gasteiger partial charge in [-0.05, 0) is 56.4 Å². The van der Waals surface area contributed by atoms with E-state index in [0.717, 1.165) is 44.5 Å². The molecule has 6 nitrogen and oxygen atoms in total. The van der Waals surface area contributed by atoms with Gasteiger partial charge in [-0.15, -0.1) is 0 Å². The Balaban J connectivity index is 1.53. The topological polar surface area (TPSA) is 62.7 Å². The summed E-state index contributed by atoms with van der Waals surface area (Å²) in [6.07, 6.45) is 6.90. The van der Waals surface area contributed by atoms with Gasteiger partial charge in [0.2, 0.25) is 5.91 Å². The van der Waals surface area contributed by atoms with Gasteiger partial charge in [0, 0.05) is 44.2 Å². The summed E-state index contributed by atoms with van der Waals surface area (Å²) < 4.78 is 6.15. The Morgan fingerprint density at radius 1 is 0.969 bits per heavy atom. The zero-order chi connectivity index (χ0) is 22.4. The van der Waals surface area contributed by atoms with E-state index in [4.69, 9.17) is 16.3 Å². The fourth-order valence-corrected chi connectivity index (χ4v) is 4.94. The van der Waals surface area contributed by atoms with Crippen molar-refractivity contribution in [3.63, 3.8) is 0 Å². The van der Waals surface area contributed by atoms with E-state index < -0.39 is 5.41 Å². The number of benzene rings is 1. The average molecular weight is 456 g/mol. The number of nitrogens with zero attached hydrogens (tertiary/aromatic N) is 3. The number of carbonyl (C=O) groups excluding carboxylic acids is 2. The van der Waals surface area contributed by atoms with Gasteiger partial charge in [0.25, 0.3) is 5.91 Å². The van der Waals surface area contributed by atoms with Crippen molar-refractivity contribution in [2.75, 3.05) is 32.8 Å². The molecule has 0 aliphatic carbocycles. The molecule has 7 heteroatoms. The van der Waals surface area contributed by atoms with Crippen LogP contribution in [0.25, 0.3) is 0 Å². The Bertz CT molecular complexity index is 933. The number of para-hydroxylation sites is 1. The van der Waals surface area contributed by atoms with Crippen molar-refractivity contribution in [3.8, 4) is 5.75 Å². The third-order valence-electron chi connectivity index (χ3n) is 6.46. The largest absolute Gasteiger partial charge is 0.493 e. The van der Waals surface area contributed by atoms with Gasteiger partial charge in [-0.1, -0.05) is 29.8 Å². The summed E-state index contributed by atoms with van der Waals surface area (Å²) in [5.41, 5.74) is -0.0382. The fraction of sp³-hybridized carbons (Fsp3) is 0.480. The Hall–Kier alpha value is -2.60. The monoisotopic (exact) mass is 455 g/mol. The lowest BCUT2D eigenvalue weighted by molar-refractivity contribution is -0.136. The van der Waals surface area contributed by atoms with E-state index in [-0.39, 0.29) is 17.0 Å². The van der Waals surface area contributed by atoms with Crippen LogP contribution >= 0.6 is 11.6 Å². The van der Waals surface area contributed by atoms with E-state index in [1.807, 2.05) is 40.1 Å². The third kappa shape index (κ3) is 5.41. The normalized spacial score (nSPS) is 21.3. The molecule has 0 N–H and O–H groups in total. The Labute approximate surface area is 194 Å². The van der Waals surface area contributed by atoms with E-state index in [9.17, 15) is 9.59 Å². The molecule has 0 unspecified atom stereocenters. The van der Waals surface area contributed by atoms with Crippen LogP contribution in [0.4, 0.5) is 0 Å². The molecule has 1 aromatic heterocycles. The maximum Gasteiger partial charge on any atom is 0.257 e. The first-order valence-electron chi connectivity index (χ1n) is 11.4. The van der Waals surface area contributed by atoms with Crippen LogP contribution in [0.2, 0.25) is 5.15 Å². The van der Waals surface area contributed by atoms with Gasteiger partial charge in [0.15, 0.2) is 0 Å². The predicted octanol–water partition coefficient (Wildman–Crippen LogP) is 4.44. The third-order valence-corrected chi connectivity index (χ3v) is 6.76. The second kappa shape index (κ2) is 10.3. The number of carbonyl (C=O) groups is 2. The fourth-order valence-electron chi connectivity index (χ4n) is 4.74. The predicted molar refractivity (Wildman–Crippen MR) is 124 cm³/mol. The van der Waals surface area contributed by atoms with Crippen molar-refractivity contribution in [3.05, 3.63) is 59.4 Å². The average Bonchev–Trinajstić information content (AvgIpc) is 2.84. The minimum Gasteiger partial charge on any atom is -0.493 e. The molecule has 0 spiro atoms. The van der Waals surface area contributed by atoms with E-state index in [1.165, 1.54) is 6.42 Å². The van der Waals surface area contributed by atoms with Gasteiger partial charge in [-0.2, -0.15) is 0 Å². The molecule has 0 radical (unpaired) electrons. The molecule has 2 aromatic rings. The molecule has 2 aliphatic rings. The number of rotatable bonds is 6. The maximum absolute atomic E-state index is 13.2. The highest BCUT2D eigenvalue weighted by Crippen LogP contribution is 2.36. The number of hydrogen-bond acceptors (Lipinski definition) is 4. The minimum atomic E-state index is -0.438. The number of pyridine rings is 1. The Kier molecular flexibility index (Phi) is 7.30. The summed E-state index contributed by atoms with van der Waals surface area (Å²) in [4.78, 5) is 34.3. The number of likely N-dealkylation sites (tertiary alicyclic amines) is 2. The second-order valence-corrected chi connectivity index (χ2v) is 9.25. The zero-order valence-corrected chi connectivity index (χ0v) is 19.1. The van der Waals surface area contributed by atoms with Crippen molar-refractivity contribution in [1.82, 2.24) is 14.8 Å². The van der Waals surface area contributed by atoms with E-state index >= 15 is 0 Å². The van der Waals surface area contributed by atoms with Gasteiger partial charge in [-0.3, -0.25) is 9.59 Å². The van der Waals surface area contributed by atoms with Crippen molar-refractivity contribution < 1.29 is 14.3 Å². The lowest BCUT2D eigenvalue weighted by Crippen LogP contribution is -2.51. The molecule has 2 aliphatic heterocycles. The summed E-state index contributed by atoms with van der Waals surface area (Å²) in [7, 11) is 0.